The molecule has 3 aromatic rings. The van der Waals surface area contributed by atoms with Crippen LogP contribution in [0.3, 0.4) is 0 Å². The number of aromatic nitrogens is 2. The molecule has 1 amide bonds. The predicted molar refractivity (Wildman–Crippen MR) is 97.1 cm³/mol. The minimum atomic E-state index is -0.621. The van der Waals surface area contributed by atoms with Gasteiger partial charge in [0.2, 0.25) is 6.39 Å². The predicted octanol–water partition coefficient (Wildman–Crippen LogP) is 3.19. The second-order valence-electron chi connectivity index (χ2n) is 5.96. The first-order valence-electron chi connectivity index (χ1n) is 8.22. The average Bonchev–Trinajstić information content (AvgIpc) is 3.19. The molecule has 3 rings (SSSR count). The van der Waals surface area contributed by atoms with E-state index in [9.17, 15) is 4.79 Å². The van der Waals surface area contributed by atoms with Crippen molar-refractivity contribution in [2.24, 2.45) is 0 Å². The molecule has 136 valence electrons. The van der Waals surface area contributed by atoms with E-state index in [2.05, 4.69) is 10.1 Å². The number of nitrogens with zero attached hydrogens (tertiary/aromatic N) is 3. The molecule has 0 saturated carbocycles. The number of aryl methyl sites for hydroxylation is 1. The van der Waals surface area contributed by atoms with E-state index in [0.717, 1.165) is 28.4 Å². The van der Waals surface area contributed by atoms with E-state index < -0.39 is 12.3 Å². The Balaban J connectivity index is 2.21. The van der Waals surface area contributed by atoms with Gasteiger partial charge in [0.1, 0.15) is 0 Å². The van der Waals surface area contributed by atoms with Gasteiger partial charge >= 0.3 is 0 Å². The van der Waals surface area contributed by atoms with Crippen molar-refractivity contribution in [1.29, 1.82) is 0 Å². The molecule has 1 heterocycles. The van der Waals surface area contributed by atoms with E-state index in [0.29, 0.717) is 0 Å². The highest BCUT2D eigenvalue weighted by Crippen LogP contribution is 2.33. The largest absolute Gasteiger partial charge is 0.354 e. The summed E-state index contributed by atoms with van der Waals surface area (Å²) in [5.74, 6) is -0.403. The lowest BCUT2D eigenvalue weighted by atomic mass is 10.0. The molecule has 1 atom stereocenters. The quantitative estimate of drug-likeness (QED) is 0.632. The van der Waals surface area contributed by atoms with Gasteiger partial charge < -0.3 is 14.0 Å². The number of hydrogen-bond donors (Lipinski definition) is 0. The van der Waals surface area contributed by atoms with E-state index in [-0.39, 0.29) is 11.7 Å². The zero-order valence-electron chi connectivity index (χ0n) is 15.2. The number of fused-ring (bicyclic) bond motifs is 1. The molecule has 7 heteroatoms. The van der Waals surface area contributed by atoms with E-state index in [1.807, 2.05) is 50.2 Å². The van der Waals surface area contributed by atoms with Gasteiger partial charge in [0.25, 0.3) is 11.7 Å². The lowest BCUT2D eigenvalue weighted by Crippen LogP contribution is -2.47. The number of benzene rings is 2. The third-order valence-corrected chi connectivity index (χ3v) is 4.38. The zero-order chi connectivity index (χ0) is 18.7. The van der Waals surface area contributed by atoms with Gasteiger partial charge in [-0.3, -0.25) is 9.69 Å². The maximum absolute atomic E-state index is 13.2. The second kappa shape index (κ2) is 7.63. The van der Waals surface area contributed by atoms with Crippen molar-refractivity contribution < 1.29 is 18.8 Å². The molecule has 0 fully saturated rings. The summed E-state index contributed by atoms with van der Waals surface area (Å²) >= 11 is 0. The summed E-state index contributed by atoms with van der Waals surface area (Å²) in [5, 5.41) is 5.68. The highest BCUT2D eigenvalue weighted by atomic mass is 16.7. The number of carbonyl (C=O) groups excluding carboxylic acids is 1. The molecule has 26 heavy (non-hydrogen) atoms. The van der Waals surface area contributed by atoms with Crippen molar-refractivity contribution in [3.05, 3.63) is 54.2 Å². The van der Waals surface area contributed by atoms with Crippen LogP contribution in [0, 0.1) is 6.92 Å². The van der Waals surface area contributed by atoms with E-state index in [1.54, 1.807) is 4.90 Å². The second-order valence-corrected chi connectivity index (χ2v) is 5.96. The Hall–Kier alpha value is -2.77. The van der Waals surface area contributed by atoms with Gasteiger partial charge in [-0.25, -0.2) is 0 Å². The van der Waals surface area contributed by atoms with Gasteiger partial charge in [-0.1, -0.05) is 41.6 Å². The SMILES string of the molecule is COC(OC)C(C)N(C(=O)c1ncon1)c1c(C)ccc2ccccc12. The van der Waals surface area contributed by atoms with Crippen LogP contribution in [0.25, 0.3) is 10.8 Å². The fourth-order valence-corrected chi connectivity index (χ4v) is 3.16. The van der Waals surface area contributed by atoms with Gasteiger partial charge in [0.15, 0.2) is 6.29 Å². The van der Waals surface area contributed by atoms with E-state index >= 15 is 0 Å². The number of ether oxygens (including phenoxy) is 2. The average molecular weight is 355 g/mol. The van der Waals surface area contributed by atoms with Gasteiger partial charge in [0.05, 0.1) is 11.7 Å². The topological polar surface area (TPSA) is 77.7 Å². The third-order valence-electron chi connectivity index (χ3n) is 4.38. The highest BCUT2D eigenvalue weighted by molar-refractivity contribution is 6.10. The van der Waals surface area contributed by atoms with Gasteiger partial charge in [-0.15, -0.1) is 0 Å². The minimum Gasteiger partial charge on any atom is -0.354 e. The van der Waals surface area contributed by atoms with Crippen LogP contribution in [0.1, 0.15) is 23.1 Å². The van der Waals surface area contributed by atoms with Crippen LogP contribution in [0.5, 0.6) is 0 Å². The maximum atomic E-state index is 13.2. The Labute approximate surface area is 151 Å². The standard InChI is InChI=1S/C19H21N3O4/c1-12-9-10-14-7-5-6-8-15(14)16(12)22(13(2)19(24-3)25-4)18(23)17-20-11-26-21-17/h5-11,13,19H,1-4H3. The Morgan fingerprint density at radius 2 is 1.88 bits per heavy atom. The number of carbonyl (C=O) groups is 1. The molecular formula is C19H21N3O4. The summed E-state index contributed by atoms with van der Waals surface area (Å²) in [6, 6.07) is 11.5. The lowest BCUT2D eigenvalue weighted by molar-refractivity contribution is -0.113. The summed E-state index contributed by atoms with van der Waals surface area (Å²) in [7, 11) is 3.08. The van der Waals surface area contributed by atoms with Crippen molar-refractivity contribution in [1.82, 2.24) is 10.1 Å². The summed E-state index contributed by atoms with van der Waals surface area (Å²) in [6.45, 7) is 3.82. The van der Waals surface area contributed by atoms with Crippen molar-refractivity contribution in [2.45, 2.75) is 26.2 Å². The summed E-state index contributed by atoms with van der Waals surface area (Å²) < 4.78 is 15.6. The number of methoxy groups -OCH3 is 2. The molecule has 0 N–H and O–H groups in total. The maximum Gasteiger partial charge on any atom is 0.300 e. The molecule has 1 aromatic heterocycles. The van der Waals surface area contributed by atoms with Crippen LogP contribution in [0.15, 0.2) is 47.3 Å². The zero-order valence-corrected chi connectivity index (χ0v) is 15.2. The third kappa shape index (κ3) is 3.18. The van der Waals surface area contributed by atoms with Gasteiger partial charge in [0, 0.05) is 19.6 Å². The molecule has 0 saturated heterocycles. The first-order valence-corrected chi connectivity index (χ1v) is 8.22. The fraction of sp³-hybridized carbons (Fsp3) is 0.316. The van der Waals surface area contributed by atoms with Crippen LogP contribution < -0.4 is 4.90 Å². The number of anilines is 1. The molecular weight excluding hydrogens is 334 g/mol. The van der Waals surface area contributed by atoms with Crippen molar-refractivity contribution in [3.63, 3.8) is 0 Å². The van der Waals surface area contributed by atoms with Crippen LogP contribution in [-0.4, -0.2) is 42.6 Å². The van der Waals surface area contributed by atoms with Crippen LogP contribution in [0.2, 0.25) is 0 Å². The van der Waals surface area contributed by atoms with Crippen LogP contribution in [-0.2, 0) is 9.47 Å². The first-order chi connectivity index (χ1) is 12.6. The minimum absolute atomic E-state index is 0.0184. The van der Waals surface area contributed by atoms with E-state index in [1.165, 1.54) is 14.2 Å². The van der Waals surface area contributed by atoms with Crippen LogP contribution >= 0.6 is 0 Å². The monoisotopic (exact) mass is 355 g/mol. The molecule has 0 spiro atoms. The molecule has 1 unspecified atom stereocenters. The Bertz CT molecular complexity index is 891. The van der Waals surface area contributed by atoms with Crippen LogP contribution in [0.4, 0.5) is 5.69 Å². The van der Waals surface area contributed by atoms with Gasteiger partial charge in [-0.2, -0.15) is 4.98 Å². The highest BCUT2D eigenvalue weighted by Gasteiger charge is 2.33. The number of amides is 1. The molecule has 0 aliphatic heterocycles. The van der Waals surface area contributed by atoms with E-state index in [4.69, 9.17) is 14.0 Å². The van der Waals surface area contributed by atoms with Crippen molar-refractivity contribution >= 4 is 22.4 Å². The molecule has 7 nitrogen and oxygen atoms in total. The lowest BCUT2D eigenvalue weighted by Gasteiger charge is -2.34. The number of hydrogen-bond acceptors (Lipinski definition) is 6. The Kier molecular flexibility index (Phi) is 5.29. The molecule has 0 bridgehead atoms. The first kappa shape index (κ1) is 18.0. The summed E-state index contributed by atoms with van der Waals surface area (Å²) in [6.07, 6.45) is 0.514. The molecule has 2 aromatic carbocycles. The smallest absolute Gasteiger partial charge is 0.300 e. The number of rotatable bonds is 6. The molecule has 0 aliphatic rings. The van der Waals surface area contributed by atoms with Crippen molar-refractivity contribution in [3.8, 4) is 0 Å². The Morgan fingerprint density at radius 1 is 1.15 bits per heavy atom. The summed E-state index contributed by atoms with van der Waals surface area (Å²) in [4.78, 5) is 18.7. The normalized spacial score (nSPS) is 12.5. The fourth-order valence-electron chi connectivity index (χ4n) is 3.16. The van der Waals surface area contributed by atoms with Crippen molar-refractivity contribution in [2.75, 3.05) is 19.1 Å². The van der Waals surface area contributed by atoms with Gasteiger partial charge in [-0.05, 0) is 24.8 Å². The molecule has 0 radical (unpaired) electrons. The molecule has 0 aliphatic carbocycles. The summed E-state index contributed by atoms with van der Waals surface area (Å²) in [5.41, 5.74) is 1.71. The Morgan fingerprint density at radius 3 is 2.54 bits per heavy atom.